The lowest BCUT2D eigenvalue weighted by Gasteiger charge is -2.36. The van der Waals surface area contributed by atoms with Crippen LogP contribution in [0.4, 0.5) is 5.69 Å². The van der Waals surface area contributed by atoms with E-state index in [0.717, 1.165) is 32.0 Å². The molecule has 1 saturated carbocycles. The second kappa shape index (κ2) is 7.83. The van der Waals surface area contributed by atoms with Crippen LogP contribution in [0.25, 0.3) is 5.69 Å². The molecule has 1 aromatic heterocycles. The molecule has 1 aromatic carbocycles. The molecular formula is C22H32N4. The van der Waals surface area contributed by atoms with Crippen molar-refractivity contribution >= 4 is 5.69 Å². The maximum absolute atomic E-state index is 4.93. The van der Waals surface area contributed by atoms with Crippen LogP contribution in [0.2, 0.25) is 0 Å². The van der Waals surface area contributed by atoms with E-state index in [0.29, 0.717) is 0 Å². The Labute approximate surface area is 157 Å². The van der Waals surface area contributed by atoms with Crippen molar-refractivity contribution in [2.75, 3.05) is 31.1 Å². The Morgan fingerprint density at radius 2 is 1.85 bits per heavy atom. The summed E-state index contributed by atoms with van der Waals surface area (Å²) in [4.78, 5) is 5.12. The van der Waals surface area contributed by atoms with E-state index in [4.69, 9.17) is 5.10 Å². The number of benzene rings is 1. The highest BCUT2D eigenvalue weighted by atomic mass is 15.3. The quantitative estimate of drug-likeness (QED) is 0.783. The molecule has 0 spiro atoms. The predicted molar refractivity (Wildman–Crippen MR) is 108 cm³/mol. The van der Waals surface area contributed by atoms with Crippen LogP contribution < -0.4 is 4.90 Å². The number of fused-ring (bicyclic) bond motifs is 1. The highest BCUT2D eigenvalue weighted by Gasteiger charge is 2.27. The van der Waals surface area contributed by atoms with Crippen molar-refractivity contribution in [1.82, 2.24) is 14.7 Å². The van der Waals surface area contributed by atoms with E-state index < -0.39 is 0 Å². The van der Waals surface area contributed by atoms with Gasteiger partial charge in [0.25, 0.3) is 0 Å². The minimum absolute atomic E-state index is 0.850. The van der Waals surface area contributed by atoms with Crippen molar-refractivity contribution in [3.63, 3.8) is 0 Å². The molecule has 1 fully saturated rings. The molecule has 1 aliphatic carbocycles. The third-order valence-corrected chi connectivity index (χ3v) is 6.13. The zero-order valence-corrected chi connectivity index (χ0v) is 16.3. The summed E-state index contributed by atoms with van der Waals surface area (Å²) in [5, 5.41) is 4.93. The molecule has 4 rings (SSSR count). The minimum Gasteiger partial charge on any atom is -0.372 e. The van der Waals surface area contributed by atoms with E-state index in [-0.39, 0.29) is 0 Å². The number of hydrogen-bond donors (Lipinski definition) is 0. The van der Waals surface area contributed by atoms with E-state index in [9.17, 15) is 0 Å². The fourth-order valence-corrected chi connectivity index (χ4v) is 4.30. The molecule has 0 atom stereocenters. The molecular weight excluding hydrogens is 320 g/mol. The third kappa shape index (κ3) is 3.52. The fraction of sp³-hybridized carbons (Fsp3) is 0.591. The first-order valence-corrected chi connectivity index (χ1v) is 10.4. The Balaban J connectivity index is 1.46. The standard InChI is InChI=1S/C22H32N4/c1-3-14-24(4-2)20-8-10-21(11-9-20)26-17-18-12-15-25(19-6-5-7-19)16-13-22(18)23-26/h8-11,17,19H,3-7,12-16H2,1-2H3. The summed E-state index contributed by atoms with van der Waals surface area (Å²) < 4.78 is 2.09. The van der Waals surface area contributed by atoms with E-state index in [1.54, 1.807) is 0 Å². The molecule has 4 nitrogen and oxygen atoms in total. The van der Waals surface area contributed by atoms with Gasteiger partial charge in [-0.25, -0.2) is 4.68 Å². The van der Waals surface area contributed by atoms with Crippen molar-refractivity contribution in [3.8, 4) is 5.69 Å². The Morgan fingerprint density at radius 3 is 2.50 bits per heavy atom. The first kappa shape index (κ1) is 17.6. The van der Waals surface area contributed by atoms with E-state index in [2.05, 4.69) is 58.8 Å². The van der Waals surface area contributed by atoms with E-state index >= 15 is 0 Å². The van der Waals surface area contributed by atoms with Crippen molar-refractivity contribution in [3.05, 3.63) is 41.7 Å². The number of hydrogen-bond acceptors (Lipinski definition) is 3. The fourth-order valence-electron chi connectivity index (χ4n) is 4.30. The van der Waals surface area contributed by atoms with Crippen LogP contribution in [0.15, 0.2) is 30.5 Å². The lowest BCUT2D eigenvalue weighted by atomic mass is 9.91. The second-order valence-corrected chi connectivity index (χ2v) is 7.76. The van der Waals surface area contributed by atoms with Crippen LogP contribution in [0.3, 0.4) is 0 Å². The summed E-state index contributed by atoms with van der Waals surface area (Å²) in [5.74, 6) is 0. The zero-order chi connectivity index (χ0) is 17.9. The van der Waals surface area contributed by atoms with E-state index in [1.807, 2.05) is 0 Å². The molecule has 4 heteroatoms. The topological polar surface area (TPSA) is 24.3 Å². The molecule has 1 aliphatic heterocycles. The molecule has 2 aromatic rings. The average Bonchev–Trinajstić information content (AvgIpc) is 2.94. The second-order valence-electron chi connectivity index (χ2n) is 7.76. The van der Waals surface area contributed by atoms with E-state index in [1.165, 1.54) is 61.4 Å². The number of nitrogens with zero attached hydrogens (tertiary/aromatic N) is 4. The summed E-state index contributed by atoms with van der Waals surface area (Å²) in [7, 11) is 0. The normalized spacial score (nSPS) is 18.2. The van der Waals surface area contributed by atoms with Gasteiger partial charge >= 0.3 is 0 Å². The van der Waals surface area contributed by atoms with Gasteiger partial charge in [0, 0.05) is 50.5 Å². The molecule has 140 valence electrons. The third-order valence-electron chi connectivity index (χ3n) is 6.13. The van der Waals surface area contributed by atoms with Crippen molar-refractivity contribution in [1.29, 1.82) is 0 Å². The number of aromatic nitrogens is 2. The van der Waals surface area contributed by atoms with Gasteiger partial charge < -0.3 is 4.90 Å². The van der Waals surface area contributed by atoms with Crippen LogP contribution in [0.5, 0.6) is 0 Å². The summed E-state index contributed by atoms with van der Waals surface area (Å²) in [6, 6.07) is 9.74. The van der Waals surface area contributed by atoms with Gasteiger partial charge in [-0.3, -0.25) is 4.90 Å². The maximum Gasteiger partial charge on any atom is 0.0674 e. The molecule has 26 heavy (non-hydrogen) atoms. The first-order valence-electron chi connectivity index (χ1n) is 10.4. The summed E-state index contributed by atoms with van der Waals surface area (Å²) in [5.41, 5.74) is 5.22. The summed E-state index contributed by atoms with van der Waals surface area (Å²) in [6.07, 6.45) is 9.90. The molecule has 0 amide bonds. The van der Waals surface area contributed by atoms with Crippen LogP contribution in [0, 0.1) is 0 Å². The van der Waals surface area contributed by atoms with Gasteiger partial charge in [-0.15, -0.1) is 0 Å². The van der Waals surface area contributed by atoms with Gasteiger partial charge in [0.2, 0.25) is 0 Å². The van der Waals surface area contributed by atoms with Gasteiger partial charge in [-0.05, 0) is 62.4 Å². The van der Waals surface area contributed by atoms with Crippen molar-refractivity contribution in [2.24, 2.45) is 0 Å². The Kier molecular flexibility index (Phi) is 5.30. The largest absolute Gasteiger partial charge is 0.372 e. The predicted octanol–water partition coefficient (Wildman–Crippen LogP) is 4.06. The molecule has 2 heterocycles. The van der Waals surface area contributed by atoms with Crippen LogP contribution >= 0.6 is 0 Å². The molecule has 0 radical (unpaired) electrons. The smallest absolute Gasteiger partial charge is 0.0674 e. The summed E-state index contributed by atoms with van der Waals surface area (Å²) in [6.45, 7) is 9.01. The maximum atomic E-state index is 4.93. The highest BCUT2D eigenvalue weighted by Crippen LogP contribution is 2.27. The summed E-state index contributed by atoms with van der Waals surface area (Å²) >= 11 is 0. The van der Waals surface area contributed by atoms with Crippen LogP contribution in [-0.4, -0.2) is 46.9 Å². The number of rotatable bonds is 6. The Hall–Kier alpha value is -1.81. The van der Waals surface area contributed by atoms with Crippen molar-refractivity contribution < 1.29 is 0 Å². The lowest BCUT2D eigenvalue weighted by molar-refractivity contribution is 0.133. The van der Waals surface area contributed by atoms with Gasteiger partial charge in [-0.1, -0.05) is 13.3 Å². The van der Waals surface area contributed by atoms with Gasteiger partial charge in [-0.2, -0.15) is 5.10 Å². The highest BCUT2D eigenvalue weighted by molar-refractivity contribution is 5.51. The Bertz CT molecular complexity index is 689. The monoisotopic (exact) mass is 352 g/mol. The van der Waals surface area contributed by atoms with Crippen LogP contribution in [-0.2, 0) is 12.8 Å². The molecule has 0 saturated heterocycles. The van der Waals surface area contributed by atoms with Crippen molar-refractivity contribution in [2.45, 2.75) is 58.4 Å². The molecule has 0 bridgehead atoms. The minimum atomic E-state index is 0.850. The first-order chi connectivity index (χ1) is 12.8. The molecule has 2 aliphatic rings. The van der Waals surface area contributed by atoms with Crippen LogP contribution in [0.1, 0.15) is 50.8 Å². The molecule has 0 unspecified atom stereocenters. The number of anilines is 1. The van der Waals surface area contributed by atoms with Gasteiger partial charge in [0.05, 0.1) is 11.4 Å². The Morgan fingerprint density at radius 1 is 1.08 bits per heavy atom. The average molecular weight is 353 g/mol. The zero-order valence-electron chi connectivity index (χ0n) is 16.3. The van der Waals surface area contributed by atoms with Gasteiger partial charge in [0.15, 0.2) is 0 Å². The lowest BCUT2D eigenvalue weighted by Crippen LogP contribution is -2.41. The molecule has 0 N–H and O–H groups in total. The SMILES string of the molecule is CCCN(CC)c1ccc(-n2cc3c(n2)CCN(C2CCC2)CC3)cc1. The van der Waals surface area contributed by atoms with Gasteiger partial charge in [0.1, 0.15) is 0 Å².